The maximum absolute atomic E-state index is 12.8. The second-order valence-corrected chi connectivity index (χ2v) is 6.65. The predicted molar refractivity (Wildman–Crippen MR) is 83.0 cm³/mol. The number of hydrogen-bond donors (Lipinski definition) is 1. The van der Waals surface area contributed by atoms with Gasteiger partial charge in [-0.15, -0.1) is 0 Å². The molecule has 2 rings (SSSR count). The van der Waals surface area contributed by atoms with Gasteiger partial charge in [0.05, 0.1) is 16.5 Å². The Hall–Kier alpha value is -1.63. The standard InChI is InChI=1S/C15H15ClFNO3S/c1-2-21-15-8-3-11(9-14(15)16)10-18-22(19,20)13-6-4-12(17)5-7-13/h3-9,18H,2,10H2,1H3. The first-order chi connectivity index (χ1) is 10.4. The van der Waals surface area contributed by atoms with Crippen molar-refractivity contribution < 1.29 is 17.5 Å². The summed E-state index contributed by atoms with van der Waals surface area (Å²) >= 11 is 6.05. The van der Waals surface area contributed by atoms with Crippen molar-refractivity contribution in [1.82, 2.24) is 4.72 Å². The van der Waals surface area contributed by atoms with Crippen LogP contribution >= 0.6 is 11.6 Å². The third-order valence-corrected chi connectivity index (χ3v) is 4.60. The van der Waals surface area contributed by atoms with Crippen molar-refractivity contribution in [3.05, 3.63) is 58.9 Å². The van der Waals surface area contributed by atoms with Crippen LogP contribution in [0.3, 0.4) is 0 Å². The van der Waals surface area contributed by atoms with E-state index in [4.69, 9.17) is 16.3 Å². The Kier molecular flexibility index (Phi) is 5.39. The molecule has 118 valence electrons. The van der Waals surface area contributed by atoms with Crippen LogP contribution in [0.5, 0.6) is 5.75 Å². The maximum Gasteiger partial charge on any atom is 0.240 e. The highest BCUT2D eigenvalue weighted by atomic mass is 35.5. The van der Waals surface area contributed by atoms with E-state index < -0.39 is 15.8 Å². The van der Waals surface area contributed by atoms with E-state index >= 15 is 0 Å². The lowest BCUT2D eigenvalue weighted by Crippen LogP contribution is -2.23. The summed E-state index contributed by atoms with van der Waals surface area (Å²) in [6.45, 7) is 2.42. The van der Waals surface area contributed by atoms with Crippen LogP contribution < -0.4 is 9.46 Å². The molecule has 2 aromatic carbocycles. The maximum atomic E-state index is 12.8. The Morgan fingerprint density at radius 2 is 1.86 bits per heavy atom. The topological polar surface area (TPSA) is 55.4 Å². The Balaban J connectivity index is 2.09. The van der Waals surface area contributed by atoms with E-state index in [2.05, 4.69) is 4.72 Å². The fourth-order valence-corrected chi connectivity index (χ4v) is 3.08. The second-order valence-electron chi connectivity index (χ2n) is 4.48. The SMILES string of the molecule is CCOc1ccc(CNS(=O)(=O)c2ccc(F)cc2)cc1Cl. The highest BCUT2D eigenvalue weighted by Crippen LogP contribution is 2.25. The zero-order valence-electron chi connectivity index (χ0n) is 11.8. The van der Waals surface area contributed by atoms with Crippen molar-refractivity contribution >= 4 is 21.6 Å². The highest BCUT2D eigenvalue weighted by molar-refractivity contribution is 7.89. The molecular formula is C15H15ClFNO3S. The van der Waals surface area contributed by atoms with Gasteiger partial charge in [-0.3, -0.25) is 0 Å². The van der Waals surface area contributed by atoms with Gasteiger partial charge >= 0.3 is 0 Å². The molecule has 7 heteroatoms. The quantitative estimate of drug-likeness (QED) is 0.875. The van der Waals surface area contributed by atoms with Crippen molar-refractivity contribution in [2.45, 2.75) is 18.4 Å². The lowest BCUT2D eigenvalue weighted by atomic mass is 10.2. The molecule has 22 heavy (non-hydrogen) atoms. The van der Waals surface area contributed by atoms with Gasteiger partial charge in [0.1, 0.15) is 11.6 Å². The summed E-state index contributed by atoms with van der Waals surface area (Å²) in [7, 11) is -3.70. The monoisotopic (exact) mass is 343 g/mol. The van der Waals surface area contributed by atoms with Crippen molar-refractivity contribution in [2.24, 2.45) is 0 Å². The number of halogens is 2. The lowest BCUT2D eigenvalue weighted by Gasteiger charge is -2.09. The number of nitrogens with one attached hydrogen (secondary N) is 1. The van der Waals surface area contributed by atoms with E-state index in [0.717, 1.165) is 12.1 Å². The van der Waals surface area contributed by atoms with Gasteiger partial charge in [-0.2, -0.15) is 0 Å². The molecule has 4 nitrogen and oxygen atoms in total. The summed E-state index contributed by atoms with van der Waals surface area (Å²) in [5.74, 6) is 0.0616. The molecule has 0 aliphatic heterocycles. The molecule has 0 fully saturated rings. The van der Waals surface area contributed by atoms with Gasteiger partial charge in [-0.25, -0.2) is 17.5 Å². The zero-order chi connectivity index (χ0) is 16.2. The molecule has 0 bridgehead atoms. The average molecular weight is 344 g/mol. The van der Waals surface area contributed by atoms with Crippen LogP contribution in [0.1, 0.15) is 12.5 Å². The number of hydrogen-bond acceptors (Lipinski definition) is 3. The normalized spacial score (nSPS) is 11.4. The average Bonchev–Trinajstić information content (AvgIpc) is 2.48. The van der Waals surface area contributed by atoms with Gasteiger partial charge in [0.2, 0.25) is 10.0 Å². The molecule has 0 aromatic heterocycles. The Labute approximate surface area is 133 Å². The van der Waals surface area contributed by atoms with Crippen LogP contribution in [-0.2, 0) is 16.6 Å². The molecule has 1 N–H and O–H groups in total. The third kappa shape index (κ3) is 4.19. The van der Waals surface area contributed by atoms with Crippen molar-refractivity contribution in [2.75, 3.05) is 6.61 Å². The van der Waals surface area contributed by atoms with Crippen molar-refractivity contribution in [1.29, 1.82) is 0 Å². The third-order valence-electron chi connectivity index (χ3n) is 2.89. The number of benzene rings is 2. The molecule has 0 spiro atoms. The van der Waals surface area contributed by atoms with E-state index in [1.807, 2.05) is 6.92 Å². The molecule has 2 aromatic rings. The molecule has 0 aliphatic carbocycles. The molecule has 0 heterocycles. The van der Waals surface area contributed by atoms with Gasteiger partial charge in [-0.1, -0.05) is 17.7 Å². The van der Waals surface area contributed by atoms with Crippen molar-refractivity contribution in [3.8, 4) is 5.75 Å². The summed E-state index contributed by atoms with van der Waals surface area (Å²) in [5, 5.41) is 0.417. The Morgan fingerprint density at radius 3 is 2.45 bits per heavy atom. The van der Waals surface area contributed by atoms with E-state index in [1.165, 1.54) is 12.1 Å². The van der Waals surface area contributed by atoms with Crippen LogP contribution in [0.4, 0.5) is 4.39 Å². The van der Waals surface area contributed by atoms with Crippen LogP contribution in [0.25, 0.3) is 0 Å². The minimum atomic E-state index is -3.70. The summed E-state index contributed by atoms with van der Waals surface area (Å²) in [6, 6.07) is 9.67. The minimum absolute atomic E-state index is 0.00549. The summed E-state index contributed by atoms with van der Waals surface area (Å²) < 4.78 is 44.7. The van der Waals surface area contributed by atoms with E-state index in [-0.39, 0.29) is 11.4 Å². The van der Waals surface area contributed by atoms with Gasteiger partial charge in [0, 0.05) is 6.54 Å². The lowest BCUT2D eigenvalue weighted by molar-refractivity contribution is 0.340. The van der Waals surface area contributed by atoms with Crippen LogP contribution in [0, 0.1) is 5.82 Å². The second kappa shape index (κ2) is 7.09. The van der Waals surface area contributed by atoms with Crippen molar-refractivity contribution in [3.63, 3.8) is 0 Å². The van der Waals surface area contributed by atoms with Gasteiger partial charge in [0.15, 0.2) is 0 Å². The van der Waals surface area contributed by atoms with E-state index in [0.29, 0.717) is 22.9 Å². The van der Waals surface area contributed by atoms with Crippen LogP contribution in [0.2, 0.25) is 5.02 Å². The summed E-state index contributed by atoms with van der Waals surface area (Å²) in [6.07, 6.45) is 0. The number of rotatable bonds is 6. The molecule has 0 atom stereocenters. The van der Waals surface area contributed by atoms with E-state index in [1.54, 1.807) is 18.2 Å². The molecule has 0 radical (unpaired) electrons. The fourth-order valence-electron chi connectivity index (χ4n) is 1.80. The van der Waals surface area contributed by atoms with Gasteiger partial charge in [-0.05, 0) is 48.9 Å². The number of sulfonamides is 1. The zero-order valence-corrected chi connectivity index (χ0v) is 13.4. The van der Waals surface area contributed by atoms with Crippen LogP contribution in [-0.4, -0.2) is 15.0 Å². The minimum Gasteiger partial charge on any atom is -0.492 e. The molecular weight excluding hydrogens is 329 g/mol. The molecule has 0 unspecified atom stereocenters. The van der Waals surface area contributed by atoms with E-state index in [9.17, 15) is 12.8 Å². The fraction of sp³-hybridized carbons (Fsp3) is 0.200. The smallest absolute Gasteiger partial charge is 0.240 e. The molecule has 0 saturated heterocycles. The largest absolute Gasteiger partial charge is 0.492 e. The molecule has 0 saturated carbocycles. The predicted octanol–water partition coefficient (Wildman–Crippen LogP) is 3.36. The molecule has 0 aliphatic rings. The van der Waals surface area contributed by atoms with Crippen LogP contribution in [0.15, 0.2) is 47.4 Å². The highest BCUT2D eigenvalue weighted by Gasteiger charge is 2.14. The first kappa shape index (κ1) is 16.7. The van der Waals surface area contributed by atoms with Gasteiger partial charge < -0.3 is 4.74 Å². The Morgan fingerprint density at radius 1 is 1.18 bits per heavy atom. The molecule has 0 amide bonds. The first-order valence-corrected chi connectivity index (χ1v) is 8.45. The summed E-state index contributed by atoms with van der Waals surface area (Å²) in [4.78, 5) is 0.00549. The first-order valence-electron chi connectivity index (χ1n) is 6.59. The Bertz CT molecular complexity index is 748. The van der Waals surface area contributed by atoms with Gasteiger partial charge in [0.25, 0.3) is 0 Å². The number of ether oxygens (including phenoxy) is 1. The summed E-state index contributed by atoms with van der Waals surface area (Å²) in [5.41, 5.74) is 0.694.